The molecule has 0 heterocycles. The van der Waals surface area contributed by atoms with Crippen molar-refractivity contribution in [3.05, 3.63) is 70.3 Å². The van der Waals surface area contributed by atoms with Gasteiger partial charge in [-0.25, -0.2) is 4.79 Å². The standard InChI is InChI=1S/C17H15F3O2/c1-11-10-13(6-9-15(11)16(21)22)3-2-12-4-7-14(8-5-12)17(18,19)20/h4-10H,2-3H2,1H3,(H,21,22). The van der Waals surface area contributed by atoms with Crippen molar-refractivity contribution in [1.82, 2.24) is 0 Å². The monoisotopic (exact) mass is 308 g/mol. The van der Waals surface area contributed by atoms with Crippen molar-refractivity contribution in [3.63, 3.8) is 0 Å². The predicted molar refractivity (Wildman–Crippen MR) is 77.0 cm³/mol. The highest BCUT2D eigenvalue weighted by Crippen LogP contribution is 2.29. The van der Waals surface area contributed by atoms with E-state index >= 15 is 0 Å². The molecular weight excluding hydrogens is 293 g/mol. The van der Waals surface area contributed by atoms with Crippen LogP contribution in [0.1, 0.15) is 32.6 Å². The lowest BCUT2D eigenvalue weighted by atomic mass is 9.99. The second-order valence-corrected chi connectivity index (χ2v) is 5.15. The highest BCUT2D eigenvalue weighted by atomic mass is 19.4. The van der Waals surface area contributed by atoms with Crippen molar-refractivity contribution < 1.29 is 23.1 Å². The van der Waals surface area contributed by atoms with Crippen molar-refractivity contribution in [2.75, 3.05) is 0 Å². The molecule has 2 nitrogen and oxygen atoms in total. The zero-order valence-electron chi connectivity index (χ0n) is 11.9. The van der Waals surface area contributed by atoms with Gasteiger partial charge in [0.2, 0.25) is 0 Å². The summed E-state index contributed by atoms with van der Waals surface area (Å²) in [6, 6.07) is 10.2. The predicted octanol–water partition coefficient (Wildman–Crippen LogP) is 4.50. The number of benzene rings is 2. The van der Waals surface area contributed by atoms with Gasteiger partial charge in [0, 0.05) is 0 Å². The number of alkyl halides is 3. The average Bonchev–Trinajstić information content (AvgIpc) is 2.44. The van der Waals surface area contributed by atoms with Crippen LogP contribution in [0.4, 0.5) is 13.2 Å². The highest BCUT2D eigenvalue weighted by molar-refractivity contribution is 5.89. The van der Waals surface area contributed by atoms with Crippen LogP contribution < -0.4 is 0 Å². The SMILES string of the molecule is Cc1cc(CCc2ccc(C(F)(F)F)cc2)ccc1C(=O)O. The van der Waals surface area contributed by atoms with Gasteiger partial charge in [0.25, 0.3) is 0 Å². The third kappa shape index (κ3) is 3.87. The van der Waals surface area contributed by atoms with E-state index in [0.29, 0.717) is 18.4 Å². The molecule has 2 rings (SSSR count). The Hall–Kier alpha value is -2.30. The molecule has 0 radical (unpaired) electrons. The Balaban J connectivity index is 2.04. The Kier molecular flexibility index (Phi) is 4.54. The van der Waals surface area contributed by atoms with Gasteiger partial charge in [-0.2, -0.15) is 13.2 Å². The van der Waals surface area contributed by atoms with Crippen LogP contribution in [-0.2, 0) is 19.0 Å². The molecule has 116 valence electrons. The molecule has 0 aliphatic heterocycles. The smallest absolute Gasteiger partial charge is 0.416 e. The summed E-state index contributed by atoms with van der Waals surface area (Å²) in [5.41, 5.74) is 2.06. The normalized spacial score (nSPS) is 11.5. The van der Waals surface area contributed by atoms with Gasteiger partial charge in [0.1, 0.15) is 0 Å². The van der Waals surface area contributed by atoms with Crippen molar-refractivity contribution in [2.45, 2.75) is 25.9 Å². The fraction of sp³-hybridized carbons (Fsp3) is 0.235. The van der Waals surface area contributed by atoms with Crippen LogP contribution in [0.2, 0.25) is 0 Å². The maximum Gasteiger partial charge on any atom is 0.416 e. The molecule has 0 saturated carbocycles. The van der Waals surface area contributed by atoms with Crippen molar-refractivity contribution >= 4 is 5.97 Å². The third-order valence-electron chi connectivity index (χ3n) is 3.50. The van der Waals surface area contributed by atoms with Gasteiger partial charge >= 0.3 is 12.1 Å². The van der Waals surface area contributed by atoms with Crippen molar-refractivity contribution in [3.8, 4) is 0 Å². The van der Waals surface area contributed by atoms with Crippen molar-refractivity contribution in [1.29, 1.82) is 0 Å². The summed E-state index contributed by atoms with van der Waals surface area (Å²) >= 11 is 0. The molecule has 0 aliphatic carbocycles. The first-order valence-corrected chi connectivity index (χ1v) is 6.76. The van der Waals surface area contributed by atoms with Gasteiger partial charge in [-0.15, -0.1) is 0 Å². The van der Waals surface area contributed by atoms with Gasteiger partial charge < -0.3 is 5.11 Å². The summed E-state index contributed by atoms with van der Waals surface area (Å²) in [6.45, 7) is 1.73. The molecule has 0 saturated heterocycles. The van der Waals surface area contributed by atoms with Gasteiger partial charge in [0.05, 0.1) is 11.1 Å². The maximum atomic E-state index is 12.5. The Bertz CT molecular complexity index is 673. The molecule has 0 fully saturated rings. The zero-order chi connectivity index (χ0) is 16.3. The number of carbonyl (C=O) groups is 1. The molecule has 0 amide bonds. The Morgan fingerprint density at radius 2 is 1.55 bits per heavy atom. The van der Waals surface area contributed by atoms with Crippen LogP contribution in [0, 0.1) is 6.92 Å². The molecule has 0 atom stereocenters. The lowest BCUT2D eigenvalue weighted by Gasteiger charge is -2.08. The second kappa shape index (κ2) is 6.22. The number of carboxylic acid groups (broad SMARTS) is 1. The van der Waals surface area contributed by atoms with E-state index in [2.05, 4.69) is 0 Å². The third-order valence-corrected chi connectivity index (χ3v) is 3.50. The van der Waals surface area contributed by atoms with E-state index in [1.807, 2.05) is 0 Å². The molecule has 5 heteroatoms. The molecule has 0 unspecified atom stereocenters. The minimum absolute atomic E-state index is 0.262. The van der Waals surface area contributed by atoms with Gasteiger partial charge in [-0.3, -0.25) is 0 Å². The zero-order valence-corrected chi connectivity index (χ0v) is 11.9. The molecule has 0 aromatic heterocycles. The molecule has 0 aliphatic rings. The minimum atomic E-state index is -4.32. The number of aromatic carboxylic acids is 1. The first-order chi connectivity index (χ1) is 10.3. The summed E-state index contributed by atoms with van der Waals surface area (Å²) in [7, 11) is 0. The summed E-state index contributed by atoms with van der Waals surface area (Å²) in [5.74, 6) is -0.966. The van der Waals surface area contributed by atoms with Crippen LogP contribution in [0.25, 0.3) is 0 Å². The van der Waals surface area contributed by atoms with E-state index in [9.17, 15) is 18.0 Å². The Morgan fingerprint density at radius 3 is 2.05 bits per heavy atom. The highest BCUT2D eigenvalue weighted by Gasteiger charge is 2.29. The number of aryl methyl sites for hydroxylation is 3. The molecule has 22 heavy (non-hydrogen) atoms. The van der Waals surface area contributed by atoms with Crippen LogP contribution in [-0.4, -0.2) is 11.1 Å². The molecule has 1 N–H and O–H groups in total. The van der Waals surface area contributed by atoms with Gasteiger partial charge in [-0.05, 0) is 54.7 Å². The molecule has 2 aromatic carbocycles. The van der Waals surface area contributed by atoms with E-state index in [-0.39, 0.29) is 5.56 Å². The van der Waals surface area contributed by atoms with Gasteiger partial charge in [0.15, 0.2) is 0 Å². The van der Waals surface area contributed by atoms with E-state index < -0.39 is 17.7 Å². The largest absolute Gasteiger partial charge is 0.478 e. The number of rotatable bonds is 4. The van der Waals surface area contributed by atoms with E-state index in [1.165, 1.54) is 12.1 Å². The quantitative estimate of drug-likeness (QED) is 0.903. The number of halogens is 3. The minimum Gasteiger partial charge on any atom is -0.478 e. The van der Waals surface area contributed by atoms with E-state index in [0.717, 1.165) is 23.3 Å². The van der Waals surface area contributed by atoms with Crippen molar-refractivity contribution in [2.24, 2.45) is 0 Å². The summed E-state index contributed by atoms with van der Waals surface area (Å²) < 4.78 is 37.4. The lowest BCUT2D eigenvalue weighted by molar-refractivity contribution is -0.137. The summed E-state index contributed by atoms with van der Waals surface area (Å²) in [4.78, 5) is 10.9. The summed E-state index contributed by atoms with van der Waals surface area (Å²) in [6.07, 6.45) is -3.07. The maximum absolute atomic E-state index is 12.5. The van der Waals surface area contributed by atoms with Crippen LogP contribution in [0.15, 0.2) is 42.5 Å². The first-order valence-electron chi connectivity index (χ1n) is 6.76. The first kappa shape index (κ1) is 16.1. The molecule has 0 spiro atoms. The average molecular weight is 308 g/mol. The van der Waals surface area contributed by atoms with Crippen LogP contribution in [0.5, 0.6) is 0 Å². The second-order valence-electron chi connectivity index (χ2n) is 5.15. The Labute approximate surface area is 126 Å². The molecule has 0 bridgehead atoms. The number of hydrogen-bond acceptors (Lipinski definition) is 1. The molecular formula is C17H15F3O2. The van der Waals surface area contributed by atoms with Crippen LogP contribution in [0.3, 0.4) is 0 Å². The fourth-order valence-corrected chi connectivity index (χ4v) is 2.27. The fourth-order valence-electron chi connectivity index (χ4n) is 2.27. The number of carboxylic acids is 1. The van der Waals surface area contributed by atoms with Gasteiger partial charge in [-0.1, -0.05) is 24.3 Å². The summed E-state index contributed by atoms with van der Waals surface area (Å²) in [5, 5.41) is 8.96. The van der Waals surface area contributed by atoms with E-state index in [1.54, 1.807) is 25.1 Å². The topological polar surface area (TPSA) is 37.3 Å². The van der Waals surface area contributed by atoms with Crippen LogP contribution >= 0.6 is 0 Å². The van der Waals surface area contributed by atoms with E-state index in [4.69, 9.17) is 5.11 Å². The number of hydrogen-bond donors (Lipinski definition) is 1. The lowest BCUT2D eigenvalue weighted by Crippen LogP contribution is -2.04. The Morgan fingerprint density at radius 1 is 1.00 bits per heavy atom. The molecule has 2 aromatic rings.